The molecule has 1 aromatic heterocycles. The summed E-state index contributed by atoms with van der Waals surface area (Å²) in [6.45, 7) is 2.53. The van der Waals surface area contributed by atoms with Crippen molar-refractivity contribution in [3.63, 3.8) is 0 Å². The number of hydrogen-bond acceptors (Lipinski definition) is 8. The number of amides is 2. The Labute approximate surface area is 204 Å². The lowest BCUT2D eigenvalue weighted by molar-refractivity contribution is 0.102. The Balaban J connectivity index is 1.31. The second-order valence-corrected chi connectivity index (χ2v) is 9.14. The number of halogens is 1. The Morgan fingerprint density at radius 2 is 2.06 bits per heavy atom. The number of anilines is 2. The number of carbonyl (C=O) groups is 2. The molecule has 0 aliphatic carbocycles. The third kappa shape index (κ3) is 4.94. The van der Waals surface area contributed by atoms with Crippen LogP contribution in [0.5, 0.6) is 5.75 Å². The first-order valence-corrected chi connectivity index (χ1v) is 11.9. The Bertz CT molecular complexity index is 1300. The molecule has 2 saturated heterocycles. The van der Waals surface area contributed by atoms with Crippen molar-refractivity contribution < 1.29 is 23.8 Å². The fraction of sp³-hybridized carbons (Fsp3) is 0.250. The average Bonchev–Trinajstić information content (AvgIpc) is 3.63. The second-order valence-electron chi connectivity index (χ2n) is 8.11. The Morgan fingerprint density at radius 1 is 1.23 bits per heavy atom. The van der Waals surface area contributed by atoms with Crippen molar-refractivity contribution in [2.75, 3.05) is 36.5 Å². The molecule has 0 unspecified atom stereocenters. The number of nitrogens with one attached hydrogen (secondary N) is 1. The van der Waals surface area contributed by atoms with Gasteiger partial charge in [-0.1, -0.05) is 23.5 Å². The Kier molecular flexibility index (Phi) is 6.32. The zero-order valence-corrected chi connectivity index (χ0v) is 19.4. The molecule has 3 aromatic rings. The number of hydrogen-bond donors (Lipinski definition) is 2. The van der Waals surface area contributed by atoms with E-state index >= 15 is 0 Å². The van der Waals surface area contributed by atoms with Crippen molar-refractivity contribution in [1.82, 2.24) is 9.99 Å². The predicted octanol–water partition coefficient (Wildman–Crippen LogP) is 4.29. The highest BCUT2D eigenvalue weighted by atomic mass is 32.1. The minimum absolute atomic E-state index is 0.0291. The number of hydrazone groups is 1. The van der Waals surface area contributed by atoms with E-state index in [1.54, 1.807) is 6.20 Å². The topological polar surface area (TPSA) is 107 Å². The van der Waals surface area contributed by atoms with Crippen LogP contribution in [0.3, 0.4) is 0 Å². The molecule has 180 valence electrons. The first-order valence-electron chi connectivity index (χ1n) is 11.1. The highest BCUT2D eigenvalue weighted by molar-refractivity contribution is 7.19. The van der Waals surface area contributed by atoms with Gasteiger partial charge in [-0.25, -0.2) is 14.2 Å². The largest absolute Gasteiger partial charge is 0.504 e. The number of ether oxygens (including phenoxy) is 1. The molecule has 9 nitrogen and oxygen atoms in total. The number of carbonyl (C=O) groups excluding carboxylic acids is 2. The van der Waals surface area contributed by atoms with Gasteiger partial charge in [0.2, 0.25) is 0 Å². The molecule has 0 saturated carbocycles. The molecular weight excluding hydrogens is 473 g/mol. The van der Waals surface area contributed by atoms with Crippen LogP contribution >= 0.6 is 11.3 Å². The second kappa shape index (κ2) is 9.71. The van der Waals surface area contributed by atoms with Crippen LogP contribution in [0.25, 0.3) is 10.4 Å². The zero-order chi connectivity index (χ0) is 24.4. The highest BCUT2D eigenvalue weighted by Gasteiger charge is 2.21. The maximum Gasteiger partial charge on any atom is 0.430 e. The summed E-state index contributed by atoms with van der Waals surface area (Å²) in [6, 6.07) is 10.4. The summed E-state index contributed by atoms with van der Waals surface area (Å²) in [6.07, 6.45) is 4.54. The van der Waals surface area contributed by atoms with Crippen LogP contribution in [0, 0.1) is 5.82 Å². The fourth-order valence-corrected chi connectivity index (χ4v) is 4.75. The molecule has 35 heavy (non-hydrogen) atoms. The monoisotopic (exact) mass is 495 g/mol. The summed E-state index contributed by atoms with van der Waals surface area (Å²) in [5.74, 6) is -2.25. The molecular formula is C24H22FN5O4S. The van der Waals surface area contributed by atoms with Crippen LogP contribution in [-0.4, -0.2) is 59.6 Å². The van der Waals surface area contributed by atoms with E-state index in [1.165, 1.54) is 30.2 Å². The number of rotatable bonds is 6. The van der Waals surface area contributed by atoms with Crippen LogP contribution in [0.2, 0.25) is 0 Å². The van der Waals surface area contributed by atoms with Gasteiger partial charge in [-0.3, -0.25) is 10.1 Å². The molecule has 0 bridgehead atoms. The van der Waals surface area contributed by atoms with E-state index in [1.807, 2.05) is 12.1 Å². The normalized spacial score (nSPS) is 15.7. The third-order valence-corrected chi connectivity index (χ3v) is 6.72. The lowest BCUT2D eigenvalue weighted by atomic mass is 10.1. The van der Waals surface area contributed by atoms with Gasteiger partial charge in [0.25, 0.3) is 5.91 Å². The third-order valence-electron chi connectivity index (χ3n) is 5.76. The van der Waals surface area contributed by atoms with E-state index in [4.69, 9.17) is 4.74 Å². The maximum atomic E-state index is 14.3. The number of nitrogens with zero attached hydrogens (tertiary/aromatic N) is 4. The Hall–Kier alpha value is -3.99. The molecule has 3 heterocycles. The van der Waals surface area contributed by atoms with Gasteiger partial charge in [-0.05, 0) is 42.7 Å². The van der Waals surface area contributed by atoms with Gasteiger partial charge < -0.3 is 14.7 Å². The number of phenolic OH excluding ortho intramolecular Hbond substituents is 1. The minimum atomic E-state index is -0.985. The van der Waals surface area contributed by atoms with Gasteiger partial charge in [0.15, 0.2) is 16.7 Å². The number of cyclic esters (lactones) is 1. The van der Waals surface area contributed by atoms with E-state index in [0.29, 0.717) is 5.13 Å². The van der Waals surface area contributed by atoms with E-state index in [2.05, 4.69) is 32.4 Å². The minimum Gasteiger partial charge on any atom is -0.504 e. The lowest BCUT2D eigenvalue weighted by Gasteiger charge is -2.18. The molecule has 11 heteroatoms. The lowest BCUT2D eigenvalue weighted by Crippen LogP contribution is -2.17. The van der Waals surface area contributed by atoms with E-state index < -0.39 is 23.6 Å². The van der Waals surface area contributed by atoms with E-state index in [-0.39, 0.29) is 24.3 Å². The van der Waals surface area contributed by atoms with Gasteiger partial charge in [0.05, 0.1) is 17.6 Å². The van der Waals surface area contributed by atoms with Gasteiger partial charge in [-0.15, -0.1) is 0 Å². The molecule has 2 aliphatic heterocycles. The molecule has 0 spiro atoms. The van der Waals surface area contributed by atoms with Gasteiger partial charge in [-0.2, -0.15) is 10.1 Å². The summed E-state index contributed by atoms with van der Waals surface area (Å²) >= 11 is 1.31. The van der Waals surface area contributed by atoms with Crippen molar-refractivity contribution in [2.45, 2.75) is 12.8 Å². The number of aromatic nitrogens is 1. The quantitative estimate of drug-likeness (QED) is 0.494. The Morgan fingerprint density at radius 3 is 2.83 bits per heavy atom. The van der Waals surface area contributed by atoms with Crippen molar-refractivity contribution in [3.05, 3.63) is 59.5 Å². The molecule has 2 aliphatic rings. The summed E-state index contributed by atoms with van der Waals surface area (Å²) in [7, 11) is 0. The standard InChI is InChI=1S/C24H22FN5O4S/c25-19-12-16(10-17(21(19)31)13-27-30-8-9-34-24(30)33)22(32)28-23-26-14-20(35-23)15-4-3-5-18(11-15)29-6-1-2-7-29/h3-5,10-14,31H,1-2,6-9H2,(H,26,28,32). The number of aromatic hydroxyl groups is 1. The molecule has 2 N–H and O–H groups in total. The zero-order valence-electron chi connectivity index (χ0n) is 18.6. The van der Waals surface area contributed by atoms with Crippen molar-refractivity contribution >= 4 is 40.4 Å². The maximum absolute atomic E-state index is 14.3. The van der Waals surface area contributed by atoms with Gasteiger partial charge >= 0.3 is 6.09 Å². The van der Waals surface area contributed by atoms with E-state index in [9.17, 15) is 19.1 Å². The van der Waals surface area contributed by atoms with Crippen molar-refractivity contribution in [2.24, 2.45) is 5.10 Å². The van der Waals surface area contributed by atoms with Gasteiger partial charge in [0, 0.05) is 36.1 Å². The highest BCUT2D eigenvalue weighted by Crippen LogP contribution is 2.32. The van der Waals surface area contributed by atoms with Crippen molar-refractivity contribution in [3.8, 4) is 16.2 Å². The summed E-state index contributed by atoms with van der Waals surface area (Å²) < 4.78 is 19.1. The molecule has 2 fully saturated rings. The van der Waals surface area contributed by atoms with E-state index in [0.717, 1.165) is 46.5 Å². The van der Waals surface area contributed by atoms with Crippen LogP contribution in [0.4, 0.5) is 20.0 Å². The van der Waals surface area contributed by atoms with Crippen LogP contribution in [0.15, 0.2) is 47.7 Å². The number of phenols is 1. The molecule has 0 radical (unpaired) electrons. The number of benzene rings is 2. The average molecular weight is 496 g/mol. The van der Waals surface area contributed by atoms with Crippen LogP contribution in [0.1, 0.15) is 28.8 Å². The van der Waals surface area contributed by atoms with Crippen LogP contribution in [-0.2, 0) is 4.74 Å². The molecule has 2 amide bonds. The molecule has 2 aromatic carbocycles. The predicted molar refractivity (Wildman–Crippen MR) is 131 cm³/mol. The summed E-state index contributed by atoms with van der Waals surface area (Å²) in [4.78, 5) is 31.8. The SMILES string of the molecule is O=C(Nc1ncc(-c2cccc(N3CCCC3)c2)s1)c1cc(F)c(O)c(C=NN2CCOC2=O)c1. The van der Waals surface area contributed by atoms with Crippen molar-refractivity contribution in [1.29, 1.82) is 0 Å². The number of thiazole rings is 1. The first kappa shape index (κ1) is 22.8. The first-order chi connectivity index (χ1) is 17.0. The smallest absolute Gasteiger partial charge is 0.430 e. The van der Waals surface area contributed by atoms with Gasteiger partial charge in [0.1, 0.15) is 6.61 Å². The fourth-order valence-electron chi connectivity index (χ4n) is 3.94. The molecule has 5 rings (SSSR count). The summed E-state index contributed by atoms with van der Waals surface area (Å²) in [5.41, 5.74) is 2.09. The molecule has 0 atom stereocenters. The van der Waals surface area contributed by atoms with Crippen LogP contribution < -0.4 is 10.2 Å². The summed E-state index contributed by atoms with van der Waals surface area (Å²) in [5, 5.41) is 18.0.